The molecule has 1 aliphatic heterocycles. The number of ketones is 1. The number of para-hydroxylation sites is 1. The molecule has 0 spiro atoms. The molecule has 132 valence electrons. The summed E-state index contributed by atoms with van der Waals surface area (Å²) in [5.74, 6) is -0.794. The first-order valence-corrected chi connectivity index (χ1v) is 9.25. The number of amides is 1. The van der Waals surface area contributed by atoms with Crippen molar-refractivity contribution in [3.8, 4) is 11.3 Å². The number of rotatable bonds is 3. The van der Waals surface area contributed by atoms with Gasteiger partial charge in [-0.3, -0.25) is 9.59 Å². The molecule has 2 aromatic carbocycles. The molecule has 0 unspecified atom stereocenters. The molecule has 4 nitrogen and oxygen atoms in total. The van der Waals surface area contributed by atoms with Gasteiger partial charge in [-0.1, -0.05) is 61.4 Å². The number of nitrogens with zero attached hydrogens (tertiary/aromatic N) is 1. The highest BCUT2D eigenvalue weighted by atomic mass is 16.2. The van der Waals surface area contributed by atoms with Crippen molar-refractivity contribution in [1.82, 2.24) is 9.88 Å². The van der Waals surface area contributed by atoms with Crippen molar-refractivity contribution in [2.24, 2.45) is 0 Å². The predicted molar refractivity (Wildman–Crippen MR) is 103 cm³/mol. The molecule has 0 radical (unpaired) electrons. The summed E-state index contributed by atoms with van der Waals surface area (Å²) in [6.07, 6.45) is 4.19. The highest BCUT2D eigenvalue weighted by molar-refractivity contribution is 6.46. The monoisotopic (exact) mass is 346 g/mol. The molecule has 26 heavy (non-hydrogen) atoms. The van der Waals surface area contributed by atoms with Crippen LogP contribution in [0.15, 0.2) is 54.6 Å². The van der Waals surface area contributed by atoms with Gasteiger partial charge in [-0.05, 0) is 24.5 Å². The third-order valence-corrected chi connectivity index (χ3v) is 5.08. The third-order valence-electron chi connectivity index (χ3n) is 5.08. The number of carbonyl (C=O) groups excluding carboxylic acids is 2. The van der Waals surface area contributed by atoms with Crippen molar-refractivity contribution in [3.63, 3.8) is 0 Å². The summed E-state index contributed by atoms with van der Waals surface area (Å²) >= 11 is 0. The van der Waals surface area contributed by atoms with Crippen molar-refractivity contribution >= 4 is 22.6 Å². The van der Waals surface area contributed by atoms with Gasteiger partial charge in [0.1, 0.15) is 0 Å². The van der Waals surface area contributed by atoms with Gasteiger partial charge < -0.3 is 9.88 Å². The summed E-state index contributed by atoms with van der Waals surface area (Å²) in [7, 11) is 0. The first-order chi connectivity index (χ1) is 12.8. The zero-order valence-electron chi connectivity index (χ0n) is 14.7. The molecule has 0 bridgehead atoms. The molecule has 1 fully saturated rings. The average Bonchev–Trinajstić information content (AvgIpc) is 2.86. The fourth-order valence-corrected chi connectivity index (χ4v) is 3.72. The van der Waals surface area contributed by atoms with E-state index in [1.165, 1.54) is 0 Å². The molecule has 4 rings (SSSR count). The lowest BCUT2D eigenvalue weighted by molar-refractivity contribution is -0.126. The van der Waals surface area contributed by atoms with Crippen LogP contribution in [0.2, 0.25) is 0 Å². The largest absolute Gasteiger partial charge is 0.354 e. The fraction of sp³-hybridized carbons (Fsp3) is 0.273. The van der Waals surface area contributed by atoms with E-state index in [0.717, 1.165) is 47.8 Å². The average molecular weight is 346 g/mol. The molecule has 1 N–H and O–H groups in total. The zero-order valence-corrected chi connectivity index (χ0v) is 14.7. The van der Waals surface area contributed by atoms with Crippen LogP contribution in [0.1, 0.15) is 36.0 Å². The molecular weight excluding hydrogens is 324 g/mol. The van der Waals surface area contributed by atoms with Crippen LogP contribution in [-0.4, -0.2) is 34.7 Å². The Hall–Kier alpha value is -2.88. The van der Waals surface area contributed by atoms with Crippen molar-refractivity contribution in [3.05, 3.63) is 60.2 Å². The maximum absolute atomic E-state index is 13.2. The van der Waals surface area contributed by atoms with E-state index in [9.17, 15) is 9.59 Å². The quantitative estimate of drug-likeness (QED) is 0.564. The van der Waals surface area contributed by atoms with Gasteiger partial charge >= 0.3 is 0 Å². The van der Waals surface area contributed by atoms with Gasteiger partial charge in [-0.25, -0.2) is 0 Å². The molecule has 0 saturated carbocycles. The number of Topliss-reactive ketones (excluding diaryl/α,β-unsaturated/α-hetero) is 1. The van der Waals surface area contributed by atoms with Crippen molar-refractivity contribution in [1.29, 1.82) is 0 Å². The maximum atomic E-state index is 13.2. The number of H-pyrrole nitrogens is 1. The Kier molecular flexibility index (Phi) is 4.57. The molecule has 1 aliphatic rings. The molecule has 3 aromatic rings. The number of hydrogen-bond donors (Lipinski definition) is 1. The van der Waals surface area contributed by atoms with Crippen LogP contribution in [0.5, 0.6) is 0 Å². The summed E-state index contributed by atoms with van der Waals surface area (Å²) in [6.45, 7) is 1.35. The van der Waals surface area contributed by atoms with Crippen LogP contribution in [0.4, 0.5) is 0 Å². The molecule has 0 aliphatic carbocycles. The van der Waals surface area contributed by atoms with Gasteiger partial charge in [0.05, 0.1) is 11.3 Å². The number of aromatic nitrogens is 1. The Morgan fingerprint density at radius 2 is 1.46 bits per heavy atom. The molecule has 1 amide bonds. The first-order valence-electron chi connectivity index (χ1n) is 9.25. The highest BCUT2D eigenvalue weighted by Gasteiger charge is 2.29. The predicted octanol–water partition coefficient (Wildman–Crippen LogP) is 4.42. The number of carbonyl (C=O) groups is 2. The summed E-state index contributed by atoms with van der Waals surface area (Å²) in [5, 5.41) is 0.805. The van der Waals surface area contributed by atoms with E-state index < -0.39 is 5.78 Å². The molecular formula is C22H22N2O2. The van der Waals surface area contributed by atoms with Gasteiger partial charge in [0, 0.05) is 24.0 Å². The molecule has 0 atom stereocenters. The summed E-state index contributed by atoms with van der Waals surface area (Å²) in [5.41, 5.74) is 3.00. The van der Waals surface area contributed by atoms with E-state index in [0.29, 0.717) is 18.7 Å². The second-order valence-corrected chi connectivity index (χ2v) is 6.82. The molecule has 2 heterocycles. The van der Waals surface area contributed by atoms with Crippen molar-refractivity contribution < 1.29 is 9.59 Å². The topological polar surface area (TPSA) is 53.2 Å². The Bertz CT molecular complexity index is 935. The van der Waals surface area contributed by atoms with E-state index >= 15 is 0 Å². The van der Waals surface area contributed by atoms with E-state index in [-0.39, 0.29) is 5.91 Å². The van der Waals surface area contributed by atoms with Crippen molar-refractivity contribution in [2.45, 2.75) is 25.7 Å². The number of fused-ring (bicyclic) bond motifs is 1. The van der Waals surface area contributed by atoms with Gasteiger partial charge in [0.2, 0.25) is 0 Å². The third kappa shape index (κ3) is 3.03. The van der Waals surface area contributed by atoms with Crippen molar-refractivity contribution in [2.75, 3.05) is 13.1 Å². The van der Waals surface area contributed by atoms with Crippen LogP contribution in [0.25, 0.3) is 22.2 Å². The Labute approximate surface area is 152 Å². The second-order valence-electron chi connectivity index (χ2n) is 6.82. The lowest BCUT2D eigenvalue weighted by Gasteiger charge is -2.19. The second kappa shape index (κ2) is 7.16. The Morgan fingerprint density at radius 3 is 2.19 bits per heavy atom. The van der Waals surface area contributed by atoms with Gasteiger partial charge in [0.25, 0.3) is 11.7 Å². The highest BCUT2D eigenvalue weighted by Crippen LogP contribution is 2.31. The maximum Gasteiger partial charge on any atom is 0.295 e. The smallest absolute Gasteiger partial charge is 0.295 e. The lowest BCUT2D eigenvalue weighted by atomic mass is 10.0. The molecule has 4 heteroatoms. The lowest BCUT2D eigenvalue weighted by Crippen LogP contribution is -2.37. The van der Waals surface area contributed by atoms with Crippen LogP contribution in [-0.2, 0) is 4.79 Å². The summed E-state index contributed by atoms with van der Waals surface area (Å²) < 4.78 is 0. The van der Waals surface area contributed by atoms with Crippen LogP contribution in [0, 0.1) is 0 Å². The van der Waals surface area contributed by atoms with Gasteiger partial charge in [-0.15, -0.1) is 0 Å². The van der Waals surface area contributed by atoms with Gasteiger partial charge in [0.15, 0.2) is 0 Å². The fourth-order valence-electron chi connectivity index (χ4n) is 3.72. The summed E-state index contributed by atoms with van der Waals surface area (Å²) in [6, 6.07) is 17.4. The first kappa shape index (κ1) is 16.6. The van der Waals surface area contributed by atoms with Crippen LogP contribution in [0.3, 0.4) is 0 Å². The number of benzene rings is 2. The minimum Gasteiger partial charge on any atom is -0.354 e. The molecule has 1 aromatic heterocycles. The Morgan fingerprint density at radius 1 is 0.808 bits per heavy atom. The minimum atomic E-state index is -0.414. The van der Waals surface area contributed by atoms with E-state index in [4.69, 9.17) is 0 Å². The summed E-state index contributed by atoms with van der Waals surface area (Å²) in [4.78, 5) is 31.2. The SMILES string of the molecule is O=C(C(=O)N1CCCCCC1)c1c(-c2ccccc2)[nH]c2ccccc12. The number of likely N-dealkylation sites (tertiary alicyclic amines) is 1. The van der Waals surface area contributed by atoms with E-state index in [2.05, 4.69) is 4.98 Å². The standard InChI is InChI=1S/C22H22N2O2/c25-21(22(26)24-14-8-1-2-9-15-24)19-17-12-6-7-13-18(17)23-20(19)16-10-4-3-5-11-16/h3-7,10-13,23H,1-2,8-9,14-15H2. The van der Waals surface area contributed by atoms with Crippen LogP contribution < -0.4 is 0 Å². The number of aromatic amines is 1. The van der Waals surface area contributed by atoms with Crippen LogP contribution >= 0.6 is 0 Å². The Balaban J connectivity index is 1.79. The molecule has 1 saturated heterocycles. The minimum absolute atomic E-state index is 0.381. The number of nitrogens with one attached hydrogen (secondary N) is 1. The van der Waals surface area contributed by atoms with E-state index in [1.807, 2.05) is 54.6 Å². The normalized spacial score (nSPS) is 15.0. The van der Waals surface area contributed by atoms with Gasteiger partial charge in [-0.2, -0.15) is 0 Å². The number of hydrogen-bond acceptors (Lipinski definition) is 2. The zero-order chi connectivity index (χ0) is 17.9. The van der Waals surface area contributed by atoms with E-state index in [1.54, 1.807) is 4.90 Å².